The number of H-pyrrole nitrogens is 1. The Bertz CT molecular complexity index is 962. The van der Waals surface area contributed by atoms with Crippen molar-refractivity contribution in [3.05, 3.63) is 12.1 Å². The van der Waals surface area contributed by atoms with Crippen LogP contribution in [0.1, 0.15) is 0 Å². The summed E-state index contributed by atoms with van der Waals surface area (Å²) in [4.78, 5) is 3.37. The van der Waals surface area contributed by atoms with E-state index < -0.39 is 0 Å². The molecule has 0 radical (unpaired) electrons. The van der Waals surface area contributed by atoms with Crippen LogP contribution in [0.25, 0.3) is 21.8 Å². The second kappa shape index (κ2) is 5.84. The van der Waals surface area contributed by atoms with Crippen LogP contribution in [0.5, 0.6) is 34.5 Å². The third-order valence-corrected chi connectivity index (χ3v) is 4.37. The van der Waals surface area contributed by atoms with Crippen molar-refractivity contribution in [3.63, 3.8) is 0 Å². The lowest BCUT2D eigenvalue weighted by atomic mass is 10.1. The Hall–Kier alpha value is -2.96. The summed E-state index contributed by atoms with van der Waals surface area (Å²) >= 11 is 0. The van der Waals surface area contributed by atoms with Gasteiger partial charge in [-0.2, -0.15) is 0 Å². The number of hydrogen-bond acceptors (Lipinski definition) is 6. The van der Waals surface area contributed by atoms with Crippen molar-refractivity contribution in [3.8, 4) is 34.5 Å². The Morgan fingerprint density at radius 2 is 1.52 bits per heavy atom. The summed E-state index contributed by atoms with van der Waals surface area (Å²) in [5.41, 5.74) is 1.58. The van der Waals surface area contributed by atoms with Crippen molar-refractivity contribution >= 4 is 21.8 Å². The third-order valence-electron chi connectivity index (χ3n) is 4.37. The van der Waals surface area contributed by atoms with E-state index >= 15 is 0 Å². The molecule has 0 aliphatic carbocycles. The minimum atomic E-state index is 0.492. The van der Waals surface area contributed by atoms with E-state index in [0.717, 1.165) is 21.8 Å². The molecule has 0 bridgehead atoms. The molecule has 4 rings (SSSR count). The summed E-state index contributed by atoms with van der Waals surface area (Å²) < 4.78 is 33.7. The van der Waals surface area contributed by atoms with Gasteiger partial charge in [0.25, 0.3) is 0 Å². The van der Waals surface area contributed by atoms with Crippen LogP contribution in [-0.4, -0.2) is 46.6 Å². The molecule has 2 heterocycles. The van der Waals surface area contributed by atoms with Crippen LogP contribution < -0.4 is 28.4 Å². The molecule has 0 amide bonds. The van der Waals surface area contributed by atoms with Crippen molar-refractivity contribution in [2.75, 3.05) is 41.7 Å². The molecule has 0 unspecified atom stereocenters. The van der Waals surface area contributed by atoms with Crippen molar-refractivity contribution < 1.29 is 28.4 Å². The van der Waals surface area contributed by atoms with Crippen molar-refractivity contribution in [1.29, 1.82) is 0 Å². The number of aromatic amines is 1. The van der Waals surface area contributed by atoms with E-state index in [4.69, 9.17) is 28.4 Å². The van der Waals surface area contributed by atoms with E-state index in [0.29, 0.717) is 47.7 Å². The van der Waals surface area contributed by atoms with Crippen LogP contribution in [0.15, 0.2) is 12.1 Å². The maximum absolute atomic E-state index is 5.89. The second-order valence-electron chi connectivity index (χ2n) is 5.55. The first kappa shape index (κ1) is 15.6. The van der Waals surface area contributed by atoms with Gasteiger partial charge < -0.3 is 33.4 Å². The van der Waals surface area contributed by atoms with E-state index in [1.807, 2.05) is 12.1 Å². The van der Waals surface area contributed by atoms with Gasteiger partial charge in [0.1, 0.15) is 19.0 Å². The van der Waals surface area contributed by atoms with Gasteiger partial charge in [-0.05, 0) is 6.07 Å². The predicted molar refractivity (Wildman–Crippen MR) is 93.0 cm³/mol. The number of hydrogen-bond donors (Lipinski definition) is 1. The molecular weight excluding hydrogens is 326 g/mol. The first-order valence-electron chi connectivity index (χ1n) is 7.84. The van der Waals surface area contributed by atoms with E-state index in [1.165, 1.54) is 0 Å². The molecule has 25 heavy (non-hydrogen) atoms. The zero-order valence-corrected chi connectivity index (χ0v) is 14.5. The monoisotopic (exact) mass is 345 g/mol. The van der Waals surface area contributed by atoms with Gasteiger partial charge in [0.2, 0.25) is 5.75 Å². The number of fused-ring (bicyclic) bond motifs is 5. The van der Waals surface area contributed by atoms with Gasteiger partial charge in [0, 0.05) is 11.5 Å². The predicted octanol–water partition coefficient (Wildman–Crippen LogP) is 3.13. The number of nitrogens with one attached hydrogen (secondary N) is 1. The maximum Gasteiger partial charge on any atom is 0.205 e. The minimum Gasteiger partial charge on any atom is -0.494 e. The highest BCUT2D eigenvalue weighted by atomic mass is 16.6. The highest BCUT2D eigenvalue weighted by Crippen LogP contribution is 2.51. The zero-order valence-electron chi connectivity index (χ0n) is 14.5. The maximum atomic E-state index is 5.89. The first-order chi connectivity index (χ1) is 12.2. The third kappa shape index (κ3) is 2.12. The summed E-state index contributed by atoms with van der Waals surface area (Å²) in [6.07, 6.45) is 0. The van der Waals surface area contributed by atoms with E-state index in [2.05, 4.69) is 4.98 Å². The van der Waals surface area contributed by atoms with E-state index in [9.17, 15) is 0 Å². The van der Waals surface area contributed by atoms with Crippen LogP contribution in [0.3, 0.4) is 0 Å². The fraction of sp³-hybridized carbons (Fsp3) is 0.333. The summed E-state index contributed by atoms with van der Waals surface area (Å²) in [5.74, 6) is 3.65. The lowest BCUT2D eigenvalue weighted by Crippen LogP contribution is -2.15. The number of ether oxygens (including phenoxy) is 6. The first-order valence-corrected chi connectivity index (χ1v) is 7.84. The second-order valence-corrected chi connectivity index (χ2v) is 5.55. The SMILES string of the molecule is COc1cc2c([nH]c3c(OC)cc4c(c32)OCCO4)c(OC)c1OC. The Morgan fingerprint density at radius 3 is 2.20 bits per heavy atom. The number of methoxy groups -OCH3 is 4. The Morgan fingerprint density at radius 1 is 0.800 bits per heavy atom. The molecule has 2 aromatic carbocycles. The highest BCUT2D eigenvalue weighted by Gasteiger charge is 2.26. The molecule has 0 saturated carbocycles. The van der Waals surface area contributed by atoms with Gasteiger partial charge in [-0.25, -0.2) is 0 Å². The largest absolute Gasteiger partial charge is 0.494 e. The van der Waals surface area contributed by atoms with Crippen LogP contribution in [0, 0.1) is 0 Å². The van der Waals surface area contributed by atoms with Crippen LogP contribution in [0.4, 0.5) is 0 Å². The zero-order chi connectivity index (χ0) is 17.6. The number of rotatable bonds is 4. The Labute approximate surface area is 144 Å². The van der Waals surface area contributed by atoms with Gasteiger partial charge in [0.15, 0.2) is 23.0 Å². The summed E-state index contributed by atoms with van der Waals surface area (Å²) in [6.45, 7) is 0.996. The Balaban J connectivity index is 2.19. The van der Waals surface area contributed by atoms with Crippen molar-refractivity contribution in [2.24, 2.45) is 0 Å². The van der Waals surface area contributed by atoms with Gasteiger partial charge in [0.05, 0.1) is 44.9 Å². The smallest absolute Gasteiger partial charge is 0.205 e. The van der Waals surface area contributed by atoms with Gasteiger partial charge in [-0.3, -0.25) is 0 Å². The minimum absolute atomic E-state index is 0.492. The molecule has 7 heteroatoms. The topological polar surface area (TPSA) is 71.2 Å². The summed E-state index contributed by atoms with van der Waals surface area (Å²) in [7, 11) is 6.38. The van der Waals surface area contributed by atoms with Gasteiger partial charge in [-0.15, -0.1) is 0 Å². The van der Waals surface area contributed by atoms with E-state index in [1.54, 1.807) is 28.4 Å². The highest BCUT2D eigenvalue weighted by molar-refractivity contribution is 6.16. The molecular formula is C18H19NO6. The Kier molecular flexibility index (Phi) is 3.63. The fourth-order valence-electron chi connectivity index (χ4n) is 3.31. The van der Waals surface area contributed by atoms with E-state index in [-0.39, 0.29) is 0 Å². The quantitative estimate of drug-likeness (QED) is 0.783. The normalized spacial score (nSPS) is 13.1. The molecule has 1 aromatic heterocycles. The molecule has 7 nitrogen and oxygen atoms in total. The average Bonchev–Trinajstić information content (AvgIpc) is 3.04. The van der Waals surface area contributed by atoms with Crippen LogP contribution in [-0.2, 0) is 0 Å². The number of benzene rings is 2. The standard InChI is InChI=1S/C18H19NO6/c1-20-10-8-12-16(25-6-5-24-12)13-9-7-11(21-2)17(22-3)18(23-4)14(9)19-15(10)13/h7-8,19H,5-6H2,1-4H3. The van der Waals surface area contributed by atoms with Crippen molar-refractivity contribution in [2.45, 2.75) is 0 Å². The fourth-order valence-corrected chi connectivity index (χ4v) is 3.31. The van der Waals surface area contributed by atoms with Gasteiger partial charge >= 0.3 is 0 Å². The summed E-state index contributed by atoms with van der Waals surface area (Å²) in [5, 5.41) is 1.74. The van der Waals surface area contributed by atoms with Gasteiger partial charge in [-0.1, -0.05) is 0 Å². The lowest BCUT2D eigenvalue weighted by Gasteiger charge is -2.20. The molecule has 3 aromatic rings. The molecule has 0 spiro atoms. The summed E-state index contributed by atoms with van der Waals surface area (Å²) in [6, 6.07) is 3.72. The molecule has 1 aliphatic rings. The molecule has 0 atom stereocenters. The number of aromatic nitrogens is 1. The molecule has 1 N–H and O–H groups in total. The van der Waals surface area contributed by atoms with Crippen molar-refractivity contribution in [1.82, 2.24) is 4.98 Å². The average molecular weight is 345 g/mol. The molecule has 132 valence electrons. The lowest BCUT2D eigenvalue weighted by molar-refractivity contribution is 0.173. The van der Waals surface area contributed by atoms with Crippen LogP contribution in [0.2, 0.25) is 0 Å². The van der Waals surface area contributed by atoms with Crippen LogP contribution >= 0.6 is 0 Å². The molecule has 0 saturated heterocycles. The molecule has 1 aliphatic heterocycles. The molecule has 0 fully saturated rings.